The van der Waals surface area contributed by atoms with Crippen molar-refractivity contribution < 1.29 is 28.6 Å². The Morgan fingerprint density at radius 3 is 2.44 bits per heavy atom. The van der Waals surface area contributed by atoms with Crippen LogP contribution in [0.2, 0.25) is 0 Å². The van der Waals surface area contributed by atoms with Crippen molar-refractivity contribution in [1.82, 2.24) is 15.1 Å². The van der Waals surface area contributed by atoms with Gasteiger partial charge in [-0.2, -0.15) is 0 Å². The number of carbonyl (C=O) groups is 3. The van der Waals surface area contributed by atoms with E-state index in [0.717, 1.165) is 11.3 Å². The van der Waals surface area contributed by atoms with Crippen molar-refractivity contribution >= 4 is 34.3 Å². The molecule has 0 radical (unpaired) electrons. The van der Waals surface area contributed by atoms with Gasteiger partial charge in [-0.05, 0) is 31.2 Å². The molecule has 0 aliphatic rings. The van der Waals surface area contributed by atoms with Gasteiger partial charge in [-0.25, -0.2) is 0 Å². The van der Waals surface area contributed by atoms with Crippen molar-refractivity contribution in [2.75, 3.05) is 45.8 Å². The molecule has 1 aromatic heterocycles. The van der Waals surface area contributed by atoms with E-state index in [1.54, 1.807) is 14.0 Å². The van der Waals surface area contributed by atoms with Gasteiger partial charge in [-0.15, -0.1) is 10.2 Å². The van der Waals surface area contributed by atoms with Crippen LogP contribution in [0.1, 0.15) is 26.2 Å². The van der Waals surface area contributed by atoms with E-state index in [1.165, 1.54) is 23.3 Å². The predicted octanol–water partition coefficient (Wildman–Crippen LogP) is 2.36. The van der Waals surface area contributed by atoms with Gasteiger partial charge in [0.15, 0.2) is 0 Å². The molecule has 0 unspecified atom stereocenters. The van der Waals surface area contributed by atoms with Gasteiger partial charge in [0.1, 0.15) is 10.8 Å². The van der Waals surface area contributed by atoms with E-state index >= 15 is 0 Å². The van der Waals surface area contributed by atoms with Crippen molar-refractivity contribution in [2.24, 2.45) is 0 Å². The monoisotopic (exact) mass is 464 g/mol. The molecule has 1 aromatic carbocycles. The number of nitrogens with zero attached hydrogens (tertiary/aromatic N) is 3. The summed E-state index contributed by atoms with van der Waals surface area (Å²) < 4.78 is 15.0. The van der Waals surface area contributed by atoms with Crippen molar-refractivity contribution in [3.8, 4) is 16.3 Å². The molecule has 0 saturated heterocycles. The number of methoxy groups -OCH3 is 2. The summed E-state index contributed by atoms with van der Waals surface area (Å²) in [5, 5.41) is 11.9. The minimum Gasteiger partial charge on any atom is -0.497 e. The zero-order valence-corrected chi connectivity index (χ0v) is 19.3. The molecular formula is C21H28N4O6S. The molecule has 32 heavy (non-hydrogen) atoms. The molecule has 0 spiro atoms. The van der Waals surface area contributed by atoms with Crippen molar-refractivity contribution in [2.45, 2.75) is 26.2 Å². The Bertz CT molecular complexity index is 887. The number of rotatable bonds is 13. The molecule has 2 rings (SSSR count). The quantitative estimate of drug-likeness (QED) is 0.449. The Hall–Kier alpha value is -3.05. The second kappa shape index (κ2) is 13.4. The summed E-state index contributed by atoms with van der Waals surface area (Å²) in [4.78, 5) is 37.8. The number of nitrogens with one attached hydrogen (secondary N) is 1. The number of benzene rings is 1. The van der Waals surface area contributed by atoms with Crippen LogP contribution in [0, 0.1) is 0 Å². The Balaban J connectivity index is 1.87. The minimum absolute atomic E-state index is 0.00126. The van der Waals surface area contributed by atoms with Crippen LogP contribution in [0.3, 0.4) is 0 Å². The zero-order chi connectivity index (χ0) is 23.3. The highest BCUT2D eigenvalue weighted by molar-refractivity contribution is 7.18. The fourth-order valence-electron chi connectivity index (χ4n) is 2.71. The van der Waals surface area contributed by atoms with Gasteiger partial charge >= 0.3 is 5.97 Å². The summed E-state index contributed by atoms with van der Waals surface area (Å²) in [6.07, 6.45) is 0.0966. The van der Waals surface area contributed by atoms with Gasteiger partial charge < -0.3 is 24.4 Å². The third kappa shape index (κ3) is 8.23. The van der Waals surface area contributed by atoms with E-state index in [1.807, 2.05) is 24.3 Å². The van der Waals surface area contributed by atoms with Crippen LogP contribution in [0.4, 0.5) is 5.13 Å². The van der Waals surface area contributed by atoms with Crippen LogP contribution >= 0.6 is 11.3 Å². The maximum atomic E-state index is 12.4. The number of carbonyl (C=O) groups excluding carboxylic acids is 3. The number of hydrogen-bond donors (Lipinski definition) is 1. The standard InChI is InChI=1S/C21H28N4O6S/c1-4-31-19(28)10-9-18(27)25(13-14-29-2)12-11-17(26)22-21-24-23-20(32-21)15-5-7-16(30-3)8-6-15/h5-8H,4,9-14H2,1-3H3,(H,22,24,26). The molecule has 174 valence electrons. The van der Waals surface area contributed by atoms with Gasteiger partial charge in [-0.1, -0.05) is 11.3 Å². The molecule has 0 saturated carbocycles. The molecule has 0 aliphatic heterocycles. The smallest absolute Gasteiger partial charge is 0.306 e. The highest BCUT2D eigenvalue weighted by Gasteiger charge is 2.17. The zero-order valence-electron chi connectivity index (χ0n) is 18.5. The van der Waals surface area contributed by atoms with E-state index in [-0.39, 0.29) is 44.2 Å². The first-order valence-corrected chi connectivity index (χ1v) is 11.0. The molecule has 0 bridgehead atoms. The Morgan fingerprint density at radius 1 is 1.03 bits per heavy atom. The van der Waals surface area contributed by atoms with E-state index in [4.69, 9.17) is 14.2 Å². The lowest BCUT2D eigenvalue weighted by atomic mass is 10.2. The first kappa shape index (κ1) is 25.2. The highest BCUT2D eigenvalue weighted by atomic mass is 32.1. The Kier molecular flexibility index (Phi) is 10.5. The average Bonchev–Trinajstić information content (AvgIpc) is 3.26. The molecule has 1 heterocycles. The molecule has 11 heteroatoms. The van der Waals surface area contributed by atoms with Crippen molar-refractivity contribution in [3.05, 3.63) is 24.3 Å². The normalized spacial score (nSPS) is 10.5. The lowest BCUT2D eigenvalue weighted by molar-refractivity contribution is -0.146. The van der Waals surface area contributed by atoms with Gasteiger partial charge in [0.25, 0.3) is 0 Å². The Morgan fingerprint density at radius 2 is 1.78 bits per heavy atom. The van der Waals surface area contributed by atoms with Crippen LogP contribution in [0.15, 0.2) is 24.3 Å². The van der Waals surface area contributed by atoms with E-state index in [9.17, 15) is 14.4 Å². The number of aromatic nitrogens is 2. The second-order valence-electron chi connectivity index (χ2n) is 6.62. The third-order valence-electron chi connectivity index (χ3n) is 4.38. The predicted molar refractivity (Wildman–Crippen MR) is 119 cm³/mol. The second-order valence-corrected chi connectivity index (χ2v) is 7.60. The van der Waals surface area contributed by atoms with Gasteiger partial charge in [0, 0.05) is 38.6 Å². The number of anilines is 1. The molecule has 10 nitrogen and oxygen atoms in total. The summed E-state index contributed by atoms with van der Waals surface area (Å²) in [5.41, 5.74) is 0.863. The minimum atomic E-state index is -0.422. The lowest BCUT2D eigenvalue weighted by Gasteiger charge is -2.22. The first-order valence-electron chi connectivity index (χ1n) is 10.2. The van der Waals surface area contributed by atoms with E-state index < -0.39 is 5.97 Å². The number of amides is 2. The number of ether oxygens (including phenoxy) is 3. The Labute approximate surface area is 190 Å². The fourth-order valence-corrected chi connectivity index (χ4v) is 3.47. The van der Waals surface area contributed by atoms with Crippen LogP contribution in [-0.2, 0) is 23.9 Å². The van der Waals surface area contributed by atoms with Crippen LogP contribution in [0.5, 0.6) is 5.75 Å². The summed E-state index contributed by atoms with van der Waals surface area (Å²) in [6, 6.07) is 7.37. The summed E-state index contributed by atoms with van der Waals surface area (Å²) >= 11 is 1.25. The average molecular weight is 465 g/mol. The van der Waals surface area contributed by atoms with Crippen LogP contribution in [-0.4, -0.2) is 73.4 Å². The van der Waals surface area contributed by atoms with Gasteiger partial charge in [-0.3, -0.25) is 14.4 Å². The topological polar surface area (TPSA) is 120 Å². The largest absolute Gasteiger partial charge is 0.497 e. The SMILES string of the molecule is CCOC(=O)CCC(=O)N(CCOC)CCC(=O)Nc1nnc(-c2ccc(OC)cc2)s1. The van der Waals surface area contributed by atoms with Gasteiger partial charge in [0.05, 0.1) is 26.7 Å². The van der Waals surface area contributed by atoms with E-state index in [2.05, 4.69) is 15.5 Å². The molecule has 1 N–H and O–H groups in total. The summed E-state index contributed by atoms with van der Waals surface area (Å²) in [7, 11) is 3.13. The number of hydrogen-bond acceptors (Lipinski definition) is 9. The first-order chi connectivity index (χ1) is 15.5. The molecular weight excluding hydrogens is 436 g/mol. The molecule has 0 aliphatic carbocycles. The molecule has 0 atom stereocenters. The van der Waals surface area contributed by atoms with Crippen molar-refractivity contribution in [3.63, 3.8) is 0 Å². The van der Waals surface area contributed by atoms with Crippen LogP contribution in [0.25, 0.3) is 10.6 Å². The maximum Gasteiger partial charge on any atom is 0.306 e. The molecule has 0 fully saturated rings. The van der Waals surface area contributed by atoms with Crippen molar-refractivity contribution in [1.29, 1.82) is 0 Å². The lowest BCUT2D eigenvalue weighted by Crippen LogP contribution is -2.36. The highest BCUT2D eigenvalue weighted by Crippen LogP contribution is 2.27. The fraction of sp³-hybridized carbons (Fsp3) is 0.476. The van der Waals surface area contributed by atoms with E-state index in [0.29, 0.717) is 23.3 Å². The van der Waals surface area contributed by atoms with Gasteiger partial charge in [0.2, 0.25) is 16.9 Å². The summed E-state index contributed by atoms with van der Waals surface area (Å²) in [5.74, 6) is -0.209. The third-order valence-corrected chi connectivity index (χ3v) is 5.27. The van der Waals surface area contributed by atoms with Crippen LogP contribution < -0.4 is 10.1 Å². The number of esters is 1. The maximum absolute atomic E-state index is 12.4. The molecule has 2 amide bonds. The summed E-state index contributed by atoms with van der Waals surface area (Å²) in [6.45, 7) is 2.83. The molecule has 2 aromatic rings.